The number of aromatic nitrogens is 2. The average molecular weight is 384 g/mol. The first kappa shape index (κ1) is 18.3. The molecule has 26 heavy (non-hydrogen) atoms. The van der Waals surface area contributed by atoms with Gasteiger partial charge in [-0.2, -0.15) is 13.2 Å². The third-order valence-electron chi connectivity index (χ3n) is 3.62. The second kappa shape index (κ2) is 7.00. The summed E-state index contributed by atoms with van der Waals surface area (Å²) in [5, 5.41) is 0. The highest BCUT2D eigenvalue weighted by Gasteiger charge is 2.36. The Hall–Kier alpha value is -2.52. The maximum absolute atomic E-state index is 13.1. The first-order valence-corrected chi connectivity index (χ1v) is 8.61. The predicted octanol–water partition coefficient (Wildman–Crippen LogP) is 4.62. The van der Waals surface area contributed by atoms with E-state index in [1.54, 1.807) is 12.1 Å². The molecule has 1 aromatic heterocycles. The highest BCUT2D eigenvalue weighted by molar-refractivity contribution is 7.78. The maximum Gasteiger partial charge on any atom is 0.449 e. The van der Waals surface area contributed by atoms with Crippen LogP contribution in [-0.4, -0.2) is 18.7 Å². The van der Waals surface area contributed by atoms with Gasteiger partial charge in [-0.3, -0.25) is 0 Å². The van der Waals surface area contributed by atoms with Gasteiger partial charge in [-0.05, 0) is 29.8 Å². The Morgan fingerprint density at radius 3 is 2.12 bits per heavy atom. The molecule has 9 heteroatoms. The molecule has 0 spiro atoms. The van der Waals surface area contributed by atoms with Crippen LogP contribution in [0.4, 0.5) is 17.6 Å². The summed E-state index contributed by atoms with van der Waals surface area (Å²) in [7, 11) is 0. The summed E-state index contributed by atoms with van der Waals surface area (Å²) in [5.41, 5.74) is 1.47. The predicted molar refractivity (Wildman–Crippen MR) is 88.9 cm³/mol. The number of nitrogens with one attached hydrogen (secondary N) is 1. The summed E-state index contributed by atoms with van der Waals surface area (Å²) in [6, 6.07) is 11.1. The molecule has 0 aliphatic carbocycles. The minimum Gasteiger partial charge on any atom is -0.334 e. The van der Waals surface area contributed by atoms with E-state index in [1.165, 1.54) is 24.3 Å². The average Bonchev–Trinajstić information content (AvgIpc) is 3.01. The fourth-order valence-electron chi connectivity index (χ4n) is 2.44. The lowest BCUT2D eigenvalue weighted by Crippen LogP contribution is -2.07. The van der Waals surface area contributed by atoms with E-state index in [2.05, 4.69) is 9.97 Å². The molecule has 1 heterocycles. The molecule has 0 fully saturated rings. The maximum atomic E-state index is 13.1. The van der Waals surface area contributed by atoms with E-state index in [9.17, 15) is 21.8 Å². The summed E-state index contributed by atoms with van der Waals surface area (Å²) in [4.78, 5) is 5.91. The normalized spacial score (nSPS) is 13.0. The number of hydrogen-bond acceptors (Lipinski definition) is 2. The first-order chi connectivity index (χ1) is 12.2. The van der Waals surface area contributed by atoms with Crippen LogP contribution in [0.15, 0.2) is 48.5 Å². The van der Waals surface area contributed by atoms with Gasteiger partial charge in [-0.15, -0.1) is 0 Å². The van der Waals surface area contributed by atoms with Crippen molar-refractivity contribution in [2.75, 3.05) is 0 Å². The lowest BCUT2D eigenvalue weighted by Gasteiger charge is -2.05. The summed E-state index contributed by atoms with van der Waals surface area (Å²) in [6.45, 7) is 0. The van der Waals surface area contributed by atoms with Crippen LogP contribution in [0.3, 0.4) is 0 Å². The number of imidazole rings is 1. The molecule has 0 amide bonds. The van der Waals surface area contributed by atoms with Crippen LogP contribution in [-0.2, 0) is 23.0 Å². The van der Waals surface area contributed by atoms with Crippen molar-refractivity contribution in [1.29, 1.82) is 0 Å². The van der Waals surface area contributed by atoms with Crippen molar-refractivity contribution in [2.24, 2.45) is 0 Å². The van der Waals surface area contributed by atoms with Crippen LogP contribution >= 0.6 is 0 Å². The molecule has 3 aromatic rings. The molecule has 0 bridgehead atoms. The summed E-state index contributed by atoms with van der Waals surface area (Å²) in [5.74, 6) is -1.75. The first-order valence-electron chi connectivity index (χ1n) is 7.34. The molecule has 0 saturated heterocycles. The smallest absolute Gasteiger partial charge is 0.334 e. The Kier molecular flexibility index (Phi) is 4.92. The zero-order chi connectivity index (χ0) is 18.9. The number of alkyl halides is 3. The van der Waals surface area contributed by atoms with Crippen molar-refractivity contribution in [1.82, 2.24) is 9.97 Å². The van der Waals surface area contributed by atoms with Gasteiger partial charge in [0.15, 0.2) is 11.1 Å². The number of benzene rings is 2. The third kappa shape index (κ3) is 4.00. The van der Waals surface area contributed by atoms with Crippen LogP contribution in [0.1, 0.15) is 11.4 Å². The minimum atomic E-state index is -4.67. The second-order valence-corrected chi connectivity index (χ2v) is 6.41. The van der Waals surface area contributed by atoms with E-state index < -0.39 is 28.9 Å². The molecular formula is C17H12F4N2O2S. The van der Waals surface area contributed by atoms with Crippen molar-refractivity contribution in [2.45, 2.75) is 11.9 Å². The van der Waals surface area contributed by atoms with Crippen LogP contribution in [0.2, 0.25) is 0 Å². The lowest BCUT2D eigenvalue weighted by atomic mass is 10.0. The van der Waals surface area contributed by atoms with E-state index in [0.717, 1.165) is 12.1 Å². The van der Waals surface area contributed by atoms with E-state index >= 15 is 0 Å². The highest BCUT2D eigenvalue weighted by Crippen LogP contribution is 2.35. The van der Waals surface area contributed by atoms with E-state index in [-0.39, 0.29) is 17.1 Å². The summed E-state index contributed by atoms with van der Waals surface area (Å²) >= 11 is -2.02. The Balaban J connectivity index is 2.08. The zero-order valence-electron chi connectivity index (χ0n) is 13.0. The number of H-pyrrole nitrogens is 1. The topological polar surface area (TPSA) is 66.0 Å². The Labute approximate surface area is 148 Å². The van der Waals surface area contributed by atoms with Crippen molar-refractivity contribution in [3.63, 3.8) is 0 Å². The number of nitrogens with zero attached hydrogens (tertiary/aromatic N) is 1. The summed E-state index contributed by atoms with van der Waals surface area (Å²) in [6.07, 6.45) is -4.67. The molecule has 0 aliphatic heterocycles. The van der Waals surface area contributed by atoms with Crippen LogP contribution in [0, 0.1) is 5.82 Å². The van der Waals surface area contributed by atoms with Crippen molar-refractivity contribution in [3.8, 4) is 22.5 Å². The molecule has 0 aliphatic rings. The van der Waals surface area contributed by atoms with E-state index in [1.807, 2.05) is 0 Å². The fourth-order valence-corrected chi connectivity index (χ4v) is 2.92. The van der Waals surface area contributed by atoms with Gasteiger partial charge < -0.3 is 9.54 Å². The Morgan fingerprint density at radius 2 is 1.58 bits per heavy atom. The molecule has 2 aromatic carbocycles. The molecule has 0 saturated carbocycles. The van der Waals surface area contributed by atoms with Crippen LogP contribution in [0.5, 0.6) is 0 Å². The van der Waals surface area contributed by atoms with Crippen LogP contribution in [0.25, 0.3) is 22.5 Å². The lowest BCUT2D eigenvalue weighted by molar-refractivity contribution is -0.144. The standard InChI is InChI=1S/C17H12F4N2O2S/c18-13-7-5-12(6-8-13)15-14(22-16(23-15)17(19,20)21)11-3-1-10(2-4-11)9-26(24)25/h1-8H,9H2,(H,22,23)(H,24,25). The molecule has 0 radical (unpaired) electrons. The molecular weight excluding hydrogens is 372 g/mol. The fraction of sp³-hybridized carbons (Fsp3) is 0.118. The van der Waals surface area contributed by atoms with Gasteiger partial charge in [-0.1, -0.05) is 24.3 Å². The van der Waals surface area contributed by atoms with Crippen molar-refractivity contribution in [3.05, 3.63) is 65.7 Å². The Bertz CT molecular complexity index is 935. The largest absolute Gasteiger partial charge is 0.449 e. The number of hydrogen-bond donors (Lipinski definition) is 2. The molecule has 3 rings (SSSR count). The second-order valence-electron chi connectivity index (χ2n) is 5.48. The van der Waals surface area contributed by atoms with Gasteiger partial charge in [0.05, 0.1) is 17.1 Å². The Morgan fingerprint density at radius 1 is 1.00 bits per heavy atom. The molecule has 136 valence electrons. The number of halogens is 4. The van der Waals surface area contributed by atoms with Gasteiger partial charge in [0.25, 0.3) is 0 Å². The van der Waals surface area contributed by atoms with E-state index in [0.29, 0.717) is 16.7 Å². The zero-order valence-corrected chi connectivity index (χ0v) is 13.9. The van der Waals surface area contributed by atoms with Gasteiger partial charge in [0, 0.05) is 11.1 Å². The van der Waals surface area contributed by atoms with Crippen LogP contribution < -0.4 is 0 Å². The SMILES string of the molecule is O=S(O)Cc1ccc(-c2[nH]c(C(F)(F)F)nc2-c2ccc(F)cc2)cc1. The molecule has 4 nitrogen and oxygen atoms in total. The van der Waals surface area contributed by atoms with Crippen molar-refractivity contribution < 1.29 is 26.3 Å². The summed E-state index contributed by atoms with van der Waals surface area (Å²) < 4.78 is 72.1. The molecule has 2 N–H and O–H groups in total. The van der Waals surface area contributed by atoms with E-state index in [4.69, 9.17) is 4.55 Å². The molecule has 1 atom stereocenters. The quantitative estimate of drug-likeness (QED) is 0.509. The monoisotopic (exact) mass is 384 g/mol. The van der Waals surface area contributed by atoms with Gasteiger partial charge in [0.1, 0.15) is 5.82 Å². The van der Waals surface area contributed by atoms with Gasteiger partial charge in [-0.25, -0.2) is 13.6 Å². The number of rotatable bonds is 4. The minimum absolute atomic E-state index is 0.0378. The number of aromatic amines is 1. The van der Waals surface area contributed by atoms with Gasteiger partial charge >= 0.3 is 6.18 Å². The van der Waals surface area contributed by atoms with Gasteiger partial charge in [0.2, 0.25) is 5.82 Å². The third-order valence-corrected chi connectivity index (χ3v) is 4.20. The van der Waals surface area contributed by atoms with Crippen molar-refractivity contribution >= 4 is 11.1 Å². The molecule has 1 unspecified atom stereocenters. The highest BCUT2D eigenvalue weighted by atomic mass is 32.2.